The summed E-state index contributed by atoms with van der Waals surface area (Å²) in [6, 6.07) is 4.25. The molecular formula is C17H26ClNO2. The van der Waals surface area contributed by atoms with Crippen LogP contribution < -0.4 is 14.8 Å². The summed E-state index contributed by atoms with van der Waals surface area (Å²) >= 11 is 6.23. The van der Waals surface area contributed by atoms with Gasteiger partial charge in [-0.3, -0.25) is 0 Å². The van der Waals surface area contributed by atoms with Crippen molar-refractivity contribution in [2.45, 2.75) is 51.5 Å². The molecule has 1 N–H and O–H groups in total. The van der Waals surface area contributed by atoms with Crippen LogP contribution in [0.2, 0.25) is 5.02 Å². The van der Waals surface area contributed by atoms with E-state index in [9.17, 15) is 0 Å². The van der Waals surface area contributed by atoms with Crippen molar-refractivity contribution in [1.82, 2.24) is 0 Å². The van der Waals surface area contributed by atoms with Crippen molar-refractivity contribution >= 4 is 17.3 Å². The predicted molar refractivity (Wildman–Crippen MR) is 88.8 cm³/mol. The lowest BCUT2D eigenvalue weighted by Gasteiger charge is -2.21. The quantitative estimate of drug-likeness (QED) is 0.765. The zero-order valence-corrected chi connectivity index (χ0v) is 14.0. The molecule has 0 radical (unpaired) electrons. The van der Waals surface area contributed by atoms with Gasteiger partial charge in [-0.25, -0.2) is 0 Å². The average molecular weight is 312 g/mol. The zero-order valence-electron chi connectivity index (χ0n) is 13.2. The van der Waals surface area contributed by atoms with Gasteiger partial charge < -0.3 is 14.8 Å². The molecule has 0 bridgehead atoms. The molecule has 1 aliphatic carbocycles. The molecule has 1 fully saturated rings. The van der Waals surface area contributed by atoms with E-state index in [0.29, 0.717) is 16.8 Å². The first-order valence-electron chi connectivity index (χ1n) is 7.86. The minimum atomic E-state index is 0.500. The van der Waals surface area contributed by atoms with Gasteiger partial charge in [-0.15, -0.1) is 0 Å². The standard InChI is InChI=1S/C17H26ClNO2/c1-4-12-6-5-7-13(9-8-12)19-15-10-14(18)16(20-2)11-17(15)21-3/h10-13,19H,4-9H2,1-3H3. The molecular weight excluding hydrogens is 286 g/mol. The van der Waals surface area contributed by atoms with E-state index < -0.39 is 0 Å². The van der Waals surface area contributed by atoms with E-state index in [1.54, 1.807) is 14.2 Å². The maximum absolute atomic E-state index is 6.23. The molecule has 2 rings (SSSR count). The Morgan fingerprint density at radius 1 is 1.10 bits per heavy atom. The first-order valence-corrected chi connectivity index (χ1v) is 8.23. The highest BCUT2D eigenvalue weighted by molar-refractivity contribution is 6.32. The number of halogens is 1. The summed E-state index contributed by atoms with van der Waals surface area (Å²) in [6.07, 6.45) is 7.68. The summed E-state index contributed by atoms with van der Waals surface area (Å²) in [4.78, 5) is 0. The lowest BCUT2D eigenvalue weighted by Crippen LogP contribution is -2.19. The van der Waals surface area contributed by atoms with Crippen LogP contribution in [0, 0.1) is 5.92 Å². The van der Waals surface area contributed by atoms with Gasteiger partial charge in [0.1, 0.15) is 11.5 Å². The Hall–Kier alpha value is -1.09. The fourth-order valence-electron chi connectivity index (χ4n) is 3.12. The van der Waals surface area contributed by atoms with Crippen LogP contribution >= 0.6 is 11.6 Å². The summed E-state index contributed by atoms with van der Waals surface area (Å²) in [5.41, 5.74) is 0.961. The van der Waals surface area contributed by atoms with Crippen LogP contribution in [0.15, 0.2) is 12.1 Å². The van der Waals surface area contributed by atoms with E-state index >= 15 is 0 Å². The van der Waals surface area contributed by atoms with Crippen molar-refractivity contribution in [3.05, 3.63) is 17.2 Å². The normalized spacial score (nSPS) is 22.5. The van der Waals surface area contributed by atoms with Crippen LogP contribution in [0.4, 0.5) is 5.69 Å². The Morgan fingerprint density at radius 3 is 2.52 bits per heavy atom. The van der Waals surface area contributed by atoms with Gasteiger partial charge in [-0.05, 0) is 31.2 Å². The second kappa shape index (κ2) is 7.79. The SMILES string of the molecule is CCC1CCCC(Nc2cc(Cl)c(OC)cc2OC)CC1. The number of benzene rings is 1. The van der Waals surface area contributed by atoms with Crippen LogP contribution in [0.1, 0.15) is 45.4 Å². The highest BCUT2D eigenvalue weighted by Crippen LogP contribution is 2.37. The number of hydrogen-bond acceptors (Lipinski definition) is 3. The average Bonchev–Trinajstić information content (AvgIpc) is 2.73. The van der Waals surface area contributed by atoms with Crippen molar-refractivity contribution in [3.8, 4) is 11.5 Å². The van der Waals surface area contributed by atoms with Crippen molar-refractivity contribution < 1.29 is 9.47 Å². The van der Waals surface area contributed by atoms with Crippen LogP contribution in [0.3, 0.4) is 0 Å². The van der Waals surface area contributed by atoms with E-state index in [0.717, 1.165) is 17.4 Å². The summed E-state index contributed by atoms with van der Waals surface area (Å²) in [5, 5.41) is 4.22. The van der Waals surface area contributed by atoms with Gasteiger partial charge in [-0.1, -0.05) is 37.8 Å². The van der Waals surface area contributed by atoms with Gasteiger partial charge in [0.25, 0.3) is 0 Å². The van der Waals surface area contributed by atoms with Crippen molar-refractivity contribution in [3.63, 3.8) is 0 Å². The topological polar surface area (TPSA) is 30.5 Å². The molecule has 1 saturated carbocycles. The maximum atomic E-state index is 6.23. The lowest BCUT2D eigenvalue weighted by atomic mass is 9.98. The lowest BCUT2D eigenvalue weighted by molar-refractivity contribution is 0.395. The summed E-state index contributed by atoms with van der Waals surface area (Å²) in [7, 11) is 3.29. The molecule has 0 heterocycles. The Labute approximate surface area is 133 Å². The molecule has 0 amide bonds. The van der Waals surface area contributed by atoms with Gasteiger partial charge in [0.05, 0.1) is 24.9 Å². The van der Waals surface area contributed by atoms with E-state index in [4.69, 9.17) is 21.1 Å². The molecule has 2 atom stereocenters. The summed E-state index contributed by atoms with van der Waals surface area (Å²) in [6.45, 7) is 2.30. The second-order valence-electron chi connectivity index (χ2n) is 5.81. The first-order chi connectivity index (χ1) is 10.2. The van der Waals surface area contributed by atoms with Gasteiger partial charge in [0, 0.05) is 12.1 Å². The maximum Gasteiger partial charge on any atom is 0.145 e. The van der Waals surface area contributed by atoms with E-state index in [2.05, 4.69) is 12.2 Å². The third-order valence-electron chi connectivity index (χ3n) is 4.50. The molecule has 1 aromatic rings. The van der Waals surface area contributed by atoms with E-state index in [-0.39, 0.29) is 0 Å². The smallest absolute Gasteiger partial charge is 0.145 e. The third kappa shape index (κ3) is 4.19. The zero-order chi connectivity index (χ0) is 15.2. The van der Waals surface area contributed by atoms with Gasteiger partial charge >= 0.3 is 0 Å². The number of methoxy groups -OCH3 is 2. The van der Waals surface area contributed by atoms with Crippen molar-refractivity contribution in [2.24, 2.45) is 5.92 Å². The third-order valence-corrected chi connectivity index (χ3v) is 4.79. The molecule has 2 unspecified atom stereocenters. The number of nitrogens with one attached hydrogen (secondary N) is 1. The molecule has 1 aliphatic rings. The van der Waals surface area contributed by atoms with E-state index in [1.165, 1.54) is 38.5 Å². The first kappa shape index (κ1) is 16.3. The van der Waals surface area contributed by atoms with Gasteiger partial charge in [0.15, 0.2) is 0 Å². The molecule has 21 heavy (non-hydrogen) atoms. The van der Waals surface area contributed by atoms with E-state index in [1.807, 2.05) is 12.1 Å². The minimum Gasteiger partial charge on any atom is -0.495 e. The molecule has 0 spiro atoms. The molecule has 0 aromatic heterocycles. The Balaban J connectivity index is 2.09. The molecule has 0 saturated heterocycles. The molecule has 4 heteroatoms. The van der Waals surface area contributed by atoms with Crippen LogP contribution in [0.25, 0.3) is 0 Å². The number of hydrogen-bond donors (Lipinski definition) is 1. The fourth-order valence-corrected chi connectivity index (χ4v) is 3.36. The van der Waals surface area contributed by atoms with Gasteiger partial charge in [0.2, 0.25) is 0 Å². The predicted octanol–water partition coefficient (Wildman–Crippen LogP) is 5.13. The van der Waals surface area contributed by atoms with Crippen molar-refractivity contribution in [2.75, 3.05) is 19.5 Å². The largest absolute Gasteiger partial charge is 0.495 e. The molecule has 3 nitrogen and oxygen atoms in total. The van der Waals surface area contributed by atoms with Gasteiger partial charge in [-0.2, -0.15) is 0 Å². The molecule has 1 aromatic carbocycles. The highest BCUT2D eigenvalue weighted by Gasteiger charge is 2.19. The molecule has 118 valence electrons. The van der Waals surface area contributed by atoms with Crippen LogP contribution in [-0.2, 0) is 0 Å². The van der Waals surface area contributed by atoms with Crippen molar-refractivity contribution in [1.29, 1.82) is 0 Å². The number of anilines is 1. The summed E-state index contributed by atoms with van der Waals surface area (Å²) < 4.78 is 10.7. The fraction of sp³-hybridized carbons (Fsp3) is 0.647. The Kier molecular flexibility index (Phi) is 6.04. The number of rotatable bonds is 5. The Bertz CT molecular complexity index is 464. The number of ether oxygens (including phenoxy) is 2. The van der Waals surface area contributed by atoms with Crippen LogP contribution in [0.5, 0.6) is 11.5 Å². The Morgan fingerprint density at radius 2 is 1.86 bits per heavy atom. The highest BCUT2D eigenvalue weighted by atomic mass is 35.5. The monoisotopic (exact) mass is 311 g/mol. The summed E-state index contributed by atoms with van der Waals surface area (Å²) in [5.74, 6) is 2.32. The minimum absolute atomic E-state index is 0.500. The molecule has 0 aliphatic heterocycles. The van der Waals surface area contributed by atoms with Crippen LogP contribution in [-0.4, -0.2) is 20.3 Å². The second-order valence-corrected chi connectivity index (χ2v) is 6.22.